The van der Waals surface area contributed by atoms with Gasteiger partial charge in [-0.1, -0.05) is 0 Å². The van der Waals surface area contributed by atoms with Gasteiger partial charge in [-0.2, -0.15) is 13.2 Å². The Kier molecular flexibility index (Phi) is 2.61. The molecule has 0 aliphatic rings. The van der Waals surface area contributed by atoms with Crippen molar-refractivity contribution < 1.29 is 17.6 Å². The summed E-state index contributed by atoms with van der Waals surface area (Å²) >= 11 is 2.91. The van der Waals surface area contributed by atoms with E-state index in [9.17, 15) is 17.6 Å². The molecule has 0 N–H and O–H groups in total. The van der Waals surface area contributed by atoms with Crippen LogP contribution in [0.2, 0.25) is 0 Å². The fourth-order valence-electron chi connectivity index (χ4n) is 1.21. The van der Waals surface area contributed by atoms with Gasteiger partial charge in [0.15, 0.2) is 3.01 Å². The number of benzene rings is 1. The highest BCUT2D eigenvalue weighted by molar-refractivity contribution is 14.1. The molecule has 0 spiro atoms. The fraction of sp³-hybridized carbons (Fsp3) is 0.125. The van der Waals surface area contributed by atoms with Crippen molar-refractivity contribution in [2.75, 3.05) is 0 Å². The van der Waals surface area contributed by atoms with Crippen molar-refractivity contribution in [2.45, 2.75) is 6.18 Å². The maximum atomic E-state index is 13.1. The molecule has 0 saturated carbocycles. The molecule has 2 rings (SSSR count). The molecule has 1 aromatic heterocycles. The number of thiazole rings is 1. The van der Waals surface area contributed by atoms with Gasteiger partial charge in [-0.15, -0.1) is 11.3 Å². The zero-order chi connectivity index (χ0) is 11.2. The third-order valence-electron chi connectivity index (χ3n) is 1.77. The van der Waals surface area contributed by atoms with Crippen molar-refractivity contribution in [1.29, 1.82) is 0 Å². The molecule has 0 atom stereocenters. The van der Waals surface area contributed by atoms with Crippen LogP contribution in [0.4, 0.5) is 17.6 Å². The summed E-state index contributed by atoms with van der Waals surface area (Å²) in [5.41, 5.74) is -1.59. The van der Waals surface area contributed by atoms with Crippen LogP contribution in [0, 0.1) is 8.83 Å². The van der Waals surface area contributed by atoms with Crippen molar-refractivity contribution in [3.05, 3.63) is 26.5 Å². The highest BCUT2D eigenvalue weighted by Crippen LogP contribution is 2.38. The van der Waals surface area contributed by atoms with Crippen molar-refractivity contribution in [1.82, 2.24) is 4.98 Å². The van der Waals surface area contributed by atoms with Gasteiger partial charge in [-0.3, -0.25) is 0 Å². The molecule has 0 fully saturated rings. The Bertz CT molecular complexity index is 519. The zero-order valence-electron chi connectivity index (χ0n) is 6.90. The van der Waals surface area contributed by atoms with E-state index in [4.69, 9.17) is 0 Å². The van der Waals surface area contributed by atoms with Crippen LogP contribution in [-0.2, 0) is 6.18 Å². The molecule has 80 valence electrons. The lowest BCUT2D eigenvalue weighted by Gasteiger charge is -2.07. The molecule has 7 heteroatoms. The van der Waals surface area contributed by atoms with E-state index < -0.39 is 17.6 Å². The lowest BCUT2D eigenvalue weighted by Crippen LogP contribution is -2.08. The summed E-state index contributed by atoms with van der Waals surface area (Å²) in [5, 5.41) is 0. The molecular formula is C8H2F4INS. The van der Waals surface area contributed by atoms with Crippen LogP contribution in [0.5, 0.6) is 0 Å². The van der Waals surface area contributed by atoms with Gasteiger partial charge in [0.05, 0.1) is 10.2 Å². The van der Waals surface area contributed by atoms with Crippen LogP contribution in [0.15, 0.2) is 12.1 Å². The molecule has 1 aromatic carbocycles. The number of hydrogen-bond donors (Lipinski definition) is 0. The maximum absolute atomic E-state index is 13.1. The van der Waals surface area contributed by atoms with Gasteiger partial charge in [0.1, 0.15) is 11.4 Å². The van der Waals surface area contributed by atoms with Crippen LogP contribution in [0.3, 0.4) is 0 Å². The molecule has 0 bridgehead atoms. The van der Waals surface area contributed by atoms with Gasteiger partial charge in [-0.25, -0.2) is 9.37 Å². The number of hydrogen-bond acceptors (Lipinski definition) is 2. The monoisotopic (exact) mass is 347 g/mol. The van der Waals surface area contributed by atoms with E-state index in [1.165, 1.54) is 6.07 Å². The predicted octanol–water partition coefficient (Wildman–Crippen LogP) is 4.06. The average Bonchev–Trinajstić information content (AvgIpc) is 2.41. The SMILES string of the molecule is Fc1ccc2sc(I)nc2c1C(F)(F)F. The summed E-state index contributed by atoms with van der Waals surface area (Å²) in [7, 11) is 0. The van der Waals surface area contributed by atoms with Crippen molar-refractivity contribution in [3.8, 4) is 0 Å². The topological polar surface area (TPSA) is 12.9 Å². The molecule has 0 aliphatic heterocycles. The highest BCUT2D eigenvalue weighted by atomic mass is 127. The molecule has 0 aliphatic carbocycles. The third-order valence-corrected chi connectivity index (χ3v) is 3.48. The summed E-state index contributed by atoms with van der Waals surface area (Å²) in [6, 6.07) is 2.12. The van der Waals surface area contributed by atoms with E-state index in [1.54, 1.807) is 0 Å². The average molecular weight is 347 g/mol. The largest absolute Gasteiger partial charge is 0.421 e. The second-order valence-electron chi connectivity index (χ2n) is 2.73. The molecule has 1 heterocycles. The zero-order valence-corrected chi connectivity index (χ0v) is 9.87. The molecular weight excluding hydrogens is 345 g/mol. The lowest BCUT2D eigenvalue weighted by atomic mass is 10.2. The minimum Gasteiger partial charge on any atom is -0.229 e. The lowest BCUT2D eigenvalue weighted by molar-refractivity contribution is -0.138. The Balaban J connectivity index is 2.85. The molecule has 0 amide bonds. The van der Waals surface area contributed by atoms with E-state index in [1.807, 2.05) is 22.6 Å². The first-order valence-electron chi connectivity index (χ1n) is 3.71. The molecule has 2 aromatic rings. The molecule has 15 heavy (non-hydrogen) atoms. The second-order valence-corrected chi connectivity index (χ2v) is 5.52. The van der Waals surface area contributed by atoms with E-state index in [-0.39, 0.29) is 5.52 Å². The maximum Gasteiger partial charge on any atom is 0.421 e. The van der Waals surface area contributed by atoms with Crippen LogP contribution in [-0.4, -0.2) is 4.98 Å². The third kappa shape index (κ3) is 1.94. The number of alkyl halides is 3. The van der Waals surface area contributed by atoms with Crippen molar-refractivity contribution >= 4 is 44.1 Å². The van der Waals surface area contributed by atoms with Crippen molar-refractivity contribution in [3.63, 3.8) is 0 Å². The van der Waals surface area contributed by atoms with Crippen molar-refractivity contribution in [2.24, 2.45) is 0 Å². The van der Waals surface area contributed by atoms with Gasteiger partial charge in [-0.05, 0) is 34.7 Å². The standard InChI is InChI=1S/C8H2F4INS/c9-3-1-2-4-6(14-7(13)15-4)5(3)8(10,11)12/h1-2H. The fourth-order valence-corrected chi connectivity index (χ4v) is 2.86. The number of halogens is 5. The predicted molar refractivity (Wildman–Crippen MR) is 57.3 cm³/mol. The van der Waals surface area contributed by atoms with E-state index in [0.29, 0.717) is 7.71 Å². The van der Waals surface area contributed by atoms with Gasteiger partial charge in [0, 0.05) is 0 Å². The number of nitrogens with zero attached hydrogens (tertiary/aromatic N) is 1. The van der Waals surface area contributed by atoms with E-state index in [0.717, 1.165) is 17.4 Å². The summed E-state index contributed by atoms with van der Waals surface area (Å²) < 4.78 is 51.4. The molecule has 0 radical (unpaired) electrons. The Morgan fingerprint density at radius 2 is 1.93 bits per heavy atom. The molecule has 1 nitrogen and oxygen atoms in total. The molecule has 0 saturated heterocycles. The Hall–Kier alpha value is -0.440. The smallest absolute Gasteiger partial charge is 0.229 e. The molecule has 0 unspecified atom stereocenters. The Morgan fingerprint density at radius 1 is 1.27 bits per heavy atom. The highest BCUT2D eigenvalue weighted by Gasteiger charge is 2.37. The van der Waals surface area contributed by atoms with Gasteiger partial charge >= 0.3 is 6.18 Å². The minimum atomic E-state index is -4.71. The Morgan fingerprint density at radius 3 is 2.53 bits per heavy atom. The first-order chi connectivity index (χ1) is 6.89. The summed E-state index contributed by atoms with van der Waals surface area (Å²) in [6.45, 7) is 0. The van der Waals surface area contributed by atoms with Crippen LogP contribution < -0.4 is 0 Å². The van der Waals surface area contributed by atoms with E-state index >= 15 is 0 Å². The van der Waals surface area contributed by atoms with Crippen LogP contribution in [0.1, 0.15) is 5.56 Å². The summed E-state index contributed by atoms with van der Waals surface area (Å²) in [4.78, 5) is 3.69. The minimum absolute atomic E-state index is 0.308. The van der Waals surface area contributed by atoms with E-state index in [2.05, 4.69) is 4.98 Å². The quantitative estimate of drug-likeness (QED) is 0.517. The summed E-state index contributed by atoms with van der Waals surface area (Å²) in [6.07, 6.45) is -4.71. The Labute approximate surface area is 99.3 Å². The van der Waals surface area contributed by atoms with Gasteiger partial charge in [0.2, 0.25) is 0 Å². The first-order valence-corrected chi connectivity index (χ1v) is 5.61. The number of rotatable bonds is 0. The first kappa shape index (κ1) is 11.1. The normalized spacial score (nSPS) is 12.3. The van der Waals surface area contributed by atoms with Gasteiger partial charge < -0.3 is 0 Å². The number of aromatic nitrogens is 1. The van der Waals surface area contributed by atoms with Crippen LogP contribution in [0.25, 0.3) is 10.2 Å². The second kappa shape index (κ2) is 3.55. The van der Waals surface area contributed by atoms with Gasteiger partial charge in [0.25, 0.3) is 0 Å². The summed E-state index contributed by atoms with van der Waals surface area (Å²) in [5.74, 6) is -1.28. The number of fused-ring (bicyclic) bond motifs is 1. The van der Waals surface area contributed by atoms with Crippen LogP contribution >= 0.6 is 33.9 Å².